The SMILES string of the molecule is Cc1ccc2c(-c3ccc4c(c3)OC(F)(F)O4)ncnc2c1-c1ncccc1-c1ncnc2nc[nH]c12.NN. The van der Waals surface area contributed by atoms with Gasteiger partial charge in [-0.1, -0.05) is 12.1 Å². The molecule has 0 radical (unpaired) electrons. The second kappa shape index (κ2) is 9.31. The van der Waals surface area contributed by atoms with Crippen LogP contribution in [-0.4, -0.2) is 41.2 Å². The first kappa shape index (κ1) is 24.2. The third-order valence-corrected chi connectivity index (χ3v) is 6.21. The van der Waals surface area contributed by atoms with E-state index >= 15 is 0 Å². The van der Waals surface area contributed by atoms with Crippen molar-refractivity contribution in [1.29, 1.82) is 0 Å². The number of rotatable bonds is 3. The molecule has 0 unspecified atom stereocenters. The highest BCUT2D eigenvalue weighted by Gasteiger charge is 2.43. The van der Waals surface area contributed by atoms with E-state index in [-0.39, 0.29) is 11.5 Å². The lowest BCUT2D eigenvalue weighted by Gasteiger charge is -2.14. The Balaban J connectivity index is 0.00000135. The van der Waals surface area contributed by atoms with Gasteiger partial charge in [-0.2, -0.15) is 0 Å². The molecule has 2 aromatic carbocycles. The fourth-order valence-corrected chi connectivity index (χ4v) is 4.62. The van der Waals surface area contributed by atoms with Crippen molar-refractivity contribution in [1.82, 2.24) is 34.9 Å². The lowest BCUT2D eigenvalue weighted by atomic mass is 9.94. The highest BCUT2D eigenvalue weighted by atomic mass is 19.3. The number of halogens is 2. The number of aromatic nitrogens is 7. The van der Waals surface area contributed by atoms with Gasteiger partial charge < -0.3 is 14.5 Å². The molecule has 11 nitrogen and oxygen atoms in total. The van der Waals surface area contributed by atoms with Crippen LogP contribution in [0, 0.1) is 6.92 Å². The smallest absolute Gasteiger partial charge is 0.395 e. The molecule has 39 heavy (non-hydrogen) atoms. The number of imidazole rings is 1. The number of alkyl halides is 2. The Morgan fingerprint density at radius 3 is 2.49 bits per heavy atom. The Kier molecular flexibility index (Phi) is 5.78. The van der Waals surface area contributed by atoms with E-state index in [2.05, 4.69) is 51.1 Å². The average Bonchev–Trinajstić information content (AvgIpc) is 3.56. The molecule has 0 atom stereocenters. The van der Waals surface area contributed by atoms with Crippen LogP contribution in [0.3, 0.4) is 0 Å². The van der Waals surface area contributed by atoms with Gasteiger partial charge in [-0.25, -0.2) is 24.9 Å². The summed E-state index contributed by atoms with van der Waals surface area (Å²) in [6, 6.07) is 12.2. The molecule has 5 N–H and O–H groups in total. The van der Waals surface area contributed by atoms with Crippen LogP contribution in [0.4, 0.5) is 8.78 Å². The molecule has 6 aromatic rings. The monoisotopic (exact) mass is 527 g/mol. The molecule has 5 heterocycles. The summed E-state index contributed by atoms with van der Waals surface area (Å²) in [6.07, 6.45) is 2.50. The number of ether oxygens (including phenoxy) is 2. The third-order valence-electron chi connectivity index (χ3n) is 6.21. The van der Waals surface area contributed by atoms with Crippen molar-refractivity contribution in [3.63, 3.8) is 0 Å². The number of aryl methyl sites for hydroxylation is 1. The first-order chi connectivity index (χ1) is 19.0. The van der Waals surface area contributed by atoms with Crippen LogP contribution in [0.25, 0.3) is 55.8 Å². The Morgan fingerprint density at radius 1 is 0.821 bits per heavy atom. The fraction of sp³-hybridized carbons (Fsp3) is 0.0769. The summed E-state index contributed by atoms with van der Waals surface area (Å²) in [5.41, 5.74) is 6.90. The number of H-pyrrole nitrogens is 1. The highest BCUT2D eigenvalue weighted by molar-refractivity contribution is 6.04. The number of nitrogens with one attached hydrogen (secondary N) is 1. The van der Waals surface area contributed by atoms with Gasteiger partial charge in [-0.15, -0.1) is 8.78 Å². The first-order valence-corrected chi connectivity index (χ1v) is 11.6. The number of hydrogen-bond donors (Lipinski definition) is 3. The minimum Gasteiger partial charge on any atom is -0.395 e. The van der Waals surface area contributed by atoms with Crippen LogP contribution in [0.2, 0.25) is 0 Å². The third kappa shape index (κ3) is 4.05. The molecule has 1 aliphatic heterocycles. The fourth-order valence-electron chi connectivity index (χ4n) is 4.62. The molecule has 0 saturated carbocycles. The summed E-state index contributed by atoms with van der Waals surface area (Å²) in [6.45, 7) is 1.98. The lowest BCUT2D eigenvalue weighted by molar-refractivity contribution is -0.286. The number of hydrazine groups is 1. The van der Waals surface area contributed by atoms with Gasteiger partial charge >= 0.3 is 6.29 Å². The van der Waals surface area contributed by atoms with Crippen LogP contribution >= 0.6 is 0 Å². The molecule has 194 valence electrons. The zero-order valence-corrected chi connectivity index (χ0v) is 20.3. The van der Waals surface area contributed by atoms with Crippen molar-refractivity contribution in [2.45, 2.75) is 13.2 Å². The Hall–Kier alpha value is -5.14. The molecule has 0 aliphatic carbocycles. The van der Waals surface area contributed by atoms with E-state index in [4.69, 9.17) is 4.98 Å². The molecule has 4 aromatic heterocycles. The zero-order valence-electron chi connectivity index (χ0n) is 20.3. The molecular weight excluding hydrogens is 508 g/mol. The summed E-state index contributed by atoms with van der Waals surface area (Å²) in [5.74, 6) is 7.91. The first-order valence-electron chi connectivity index (χ1n) is 11.6. The zero-order chi connectivity index (χ0) is 27.1. The molecule has 0 saturated heterocycles. The van der Waals surface area contributed by atoms with Crippen molar-refractivity contribution in [2.75, 3.05) is 0 Å². The minimum atomic E-state index is -3.70. The van der Waals surface area contributed by atoms with Gasteiger partial charge in [0.15, 0.2) is 17.1 Å². The number of pyridine rings is 1. The molecule has 1 aliphatic rings. The van der Waals surface area contributed by atoms with E-state index < -0.39 is 6.29 Å². The molecule has 0 bridgehead atoms. The maximum atomic E-state index is 13.6. The van der Waals surface area contributed by atoms with E-state index in [0.29, 0.717) is 39.3 Å². The molecular formula is C26H19F2N9O2. The van der Waals surface area contributed by atoms with Crippen molar-refractivity contribution >= 4 is 22.1 Å². The minimum absolute atomic E-state index is 0.0308. The molecule has 0 fully saturated rings. The van der Waals surface area contributed by atoms with Crippen LogP contribution in [0.5, 0.6) is 11.5 Å². The second-order valence-corrected chi connectivity index (χ2v) is 8.43. The Bertz CT molecular complexity index is 1860. The number of fused-ring (bicyclic) bond motifs is 3. The van der Waals surface area contributed by atoms with Crippen LogP contribution in [0.1, 0.15) is 5.56 Å². The van der Waals surface area contributed by atoms with E-state index in [1.54, 1.807) is 18.6 Å². The molecule has 0 amide bonds. The van der Waals surface area contributed by atoms with Gasteiger partial charge in [-0.05, 0) is 42.8 Å². The quantitative estimate of drug-likeness (QED) is 0.225. The van der Waals surface area contributed by atoms with Crippen LogP contribution in [-0.2, 0) is 0 Å². The van der Waals surface area contributed by atoms with E-state index in [9.17, 15) is 8.78 Å². The predicted molar refractivity (Wildman–Crippen MR) is 138 cm³/mol. The summed E-state index contributed by atoms with van der Waals surface area (Å²) in [5, 5.41) is 0.722. The van der Waals surface area contributed by atoms with Crippen molar-refractivity contribution in [2.24, 2.45) is 11.7 Å². The van der Waals surface area contributed by atoms with E-state index in [1.165, 1.54) is 24.8 Å². The van der Waals surface area contributed by atoms with Crippen LogP contribution in [0.15, 0.2) is 67.6 Å². The van der Waals surface area contributed by atoms with Gasteiger partial charge in [-0.3, -0.25) is 16.7 Å². The predicted octanol–water partition coefficient (Wildman–Crippen LogP) is 4.14. The summed E-state index contributed by atoms with van der Waals surface area (Å²) < 4.78 is 36.3. The molecule has 7 rings (SSSR count). The number of hydrogen-bond acceptors (Lipinski definition) is 10. The number of benzene rings is 2. The van der Waals surface area contributed by atoms with Crippen molar-refractivity contribution in [3.8, 4) is 45.3 Å². The Morgan fingerprint density at radius 2 is 1.62 bits per heavy atom. The topological polar surface area (TPSA) is 164 Å². The summed E-state index contributed by atoms with van der Waals surface area (Å²) in [4.78, 5) is 29.9. The van der Waals surface area contributed by atoms with Gasteiger partial charge in [0.25, 0.3) is 0 Å². The standard InChI is InChI=1S/C26H15F2N7O2.H4N2/c1-13-4-6-16-20(14-5-7-17-18(9-14)37-26(27,28)36-17)30-10-31-22(16)19(13)21-15(3-2-8-29-21)23-24-25(34-11-32-23)35-12-33-24;1-2/h2-12H,1H3,(H,32,33,34,35);1-2H2. The number of aromatic amines is 1. The van der Waals surface area contributed by atoms with Gasteiger partial charge in [0, 0.05) is 28.3 Å². The van der Waals surface area contributed by atoms with Gasteiger partial charge in [0.1, 0.15) is 23.9 Å². The normalized spacial score (nSPS) is 13.4. The van der Waals surface area contributed by atoms with Gasteiger partial charge in [0.2, 0.25) is 0 Å². The largest absolute Gasteiger partial charge is 0.586 e. The number of nitrogens with zero attached hydrogens (tertiary/aromatic N) is 6. The van der Waals surface area contributed by atoms with Gasteiger partial charge in [0.05, 0.1) is 23.2 Å². The Labute approximate surface area is 218 Å². The summed E-state index contributed by atoms with van der Waals surface area (Å²) >= 11 is 0. The van der Waals surface area contributed by atoms with E-state index in [1.807, 2.05) is 31.2 Å². The lowest BCUT2D eigenvalue weighted by Crippen LogP contribution is -2.25. The van der Waals surface area contributed by atoms with Crippen molar-refractivity contribution in [3.05, 3.63) is 73.2 Å². The maximum Gasteiger partial charge on any atom is 0.586 e. The molecule has 13 heteroatoms. The average molecular weight is 527 g/mol. The van der Waals surface area contributed by atoms with Crippen molar-refractivity contribution < 1.29 is 18.3 Å². The van der Waals surface area contributed by atoms with E-state index in [0.717, 1.165) is 22.1 Å². The van der Waals surface area contributed by atoms with Crippen LogP contribution < -0.4 is 21.2 Å². The maximum absolute atomic E-state index is 13.6. The molecule has 0 spiro atoms. The second-order valence-electron chi connectivity index (χ2n) is 8.43. The summed E-state index contributed by atoms with van der Waals surface area (Å²) in [7, 11) is 0. The highest BCUT2D eigenvalue weighted by Crippen LogP contribution is 2.44. The number of nitrogens with two attached hydrogens (primary N) is 2.